The first-order valence-corrected chi connectivity index (χ1v) is 6.81. The van der Waals surface area contributed by atoms with E-state index in [4.69, 9.17) is 11.6 Å². The zero-order valence-electron chi connectivity index (χ0n) is 11.2. The van der Waals surface area contributed by atoms with E-state index in [1.54, 1.807) is 24.3 Å². The number of nitrogens with one attached hydrogen (secondary N) is 1. The monoisotopic (exact) mass is 322 g/mol. The molecule has 3 rings (SSSR count). The first-order valence-electron chi connectivity index (χ1n) is 6.44. The number of pyridine rings is 1. The van der Waals surface area contributed by atoms with Gasteiger partial charge in [-0.25, -0.2) is 4.98 Å². The summed E-state index contributed by atoms with van der Waals surface area (Å²) in [5, 5.41) is 3.98. The van der Waals surface area contributed by atoms with Crippen LogP contribution in [-0.2, 0) is 6.18 Å². The van der Waals surface area contributed by atoms with E-state index in [0.717, 1.165) is 11.5 Å². The molecule has 0 bridgehead atoms. The molecule has 2 nitrogen and oxygen atoms in total. The maximum atomic E-state index is 13.0. The van der Waals surface area contributed by atoms with Gasteiger partial charge in [0.1, 0.15) is 5.82 Å². The second-order valence-electron chi connectivity index (χ2n) is 4.68. The van der Waals surface area contributed by atoms with Gasteiger partial charge in [0.15, 0.2) is 0 Å². The lowest BCUT2D eigenvalue weighted by atomic mass is 10.1. The summed E-state index contributed by atoms with van der Waals surface area (Å²) >= 11 is 6.07. The summed E-state index contributed by atoms with van der Waals surface area (Å²) in [5.74, 6) is 0.303. The van der Waals surface area contributed by atoms with Crippen LogP contribution in [0.5, 0.6) is 0 Å². The van der Waals surface area contributed by atoms with Gasteiger partial charge in [0.2, 0.25) is 0 Å². The van der Waals surface area contributed by atoms with Crippen LogP contribution >= 0.6 is 11.6 Å². The zero-order chi connectivity index (χ0) is 15.7. The van der Waals surface area contributed by atoms with E-state index >= 15 is 0 Å². The Hall–Kier alpha value is -2.27. The van der Waals surface area contributed by atoms with Crippen LogP contribution in [0.3, 0.4) is 0 Å². The lowest BCUT2D eigenvalue weighted by molar-refractivity contribution is -0.136. The minimum atomic E-state index is -4.43. The first-order chi connectivity index (χ1) is 10.4. The number of aromatic nitrogens is 1. The summed E-state index contributed by atoms with van der Waals surface area (Å²) in [4.78, 5) is 4.28. The average Bonchev–Trinajstić information content (AvgIpc) is 2.48. The van der Waals surface area contributed by atoms with E-state index in [-0.39, 0.29) is 5.69 Å². The number of rotatable bonds is 2. The Morgan fingerprint density at radius 1 is 0.909 bits per heavy atom. The van der Waals surface area contributed by atoms with Crippen molar-refractivity contribution in [2.75, 3.05) is 5.32 Å². The van der Waals surface area contributed by atoms with Crippen molar-refractivity contribution < 1.29 is 13.2 Å². The van der Waals surface area contributed by atoms with Gasteiger partial charge in [0.25, 0.3) is 0 Å². The molecule has 1 heterocycles. The van der Waals surface area contributed by atoms with Crippen molar-refractivity contribution in [3.8, 4) is 0 Å². The Labute approximate surface area is 129 Å². The molecule has 112 valence electrons. The van der Waals surface area contributed by atoms with Crippen molar-refractivity contribution in [3.63, 3.8) is 0 Å². The lowest BCUT2D eigenvalue weighted by Crippen LogP contribution is -2.08. The number of halogens is 4. The molecular weight excluding hydrogens is 313 g/mol. The third-order valence-electron chi connectivity index (χ3n) is 3.17. The molecule has 0 aliphatic rings. The van der Waals surface area contributed by atoms with Crippen LogP contribution in [0.4, 0.5) is 24.7 Å². The molecule has 0 saturated heterocycles. The minimum Gasteiger partial charge on any atom is -0.340 e. The van der Waals surface area contributed by atoms with Gasteiger partial charge in [-0.05, 0) is 30.3 Å². The topological polar surface area (TPSA) is 24.9 Å². The normalized spacial score (nSPS) is 11.6. The fraction of sp³-hybridized carbons (Fsp3) is 0.0625. The van der Waals surface area contributed by atoms with E-state index in [0.29, 0.717) is 16.4 Å². The van der Waals surface area contributed by atoms with Crippen LogP contribution < -0.4 is 5.32 Å². The van der Waals surface area contributed by atoms with Gasteiger partial charge in [-0.2, -0.15) is 13.2 Å². The SMILES string of the molecule is FC(F)(F)c1ccccc1Nc1ccc2cccc(Cl)c2n1. The molecule has 1 N–H and O–H groups in total. The van der Waals surface area contributed by atoms with Crippen molar-refractivity contribution >= 4 is 34.0 Å². The Balaban J connectivity index is 2.02. The number of anilines is 2. The Morgan fingerprint density at radius 2 is 1.68 bits per heavy atom. The van der Waals surface area contributed by atoms with Crippen molar-refractivity contribution in [2.24, 2.45) is 0 Å². The molecule has 22 heavy (non-hydrogen) atoms. The number of benzene rings is 2. The van der Waals surface area contributed by atoms with Crippen LogP contribution in [0.1, 0.15) is 5.56 Å². The molecule has 0 fully saturated rings. The van der Waals surface area contributed by atoms with Crippen LogP contribution in [0.2, 0.25) is 5.02 Å². The maximum Gasteiger partial charge on any atom is 0.418 e. The lowest BCUT2D eigenvalue weighted by Gasteiger charge is -2.14. The largest absolute Gasteiger partial charge is 0.418 e. The molecule has 0 aliphatic carbocycles. The molecule has 2 aromatic carbocycles. The van der Waals surface area contributed by atoms with E-state index in [1.165, 1.54) is 18.2 Å². The number of hydrogen-bond acceptors (Lipinski definition) is 2. The maximum absolute atomic E-state index is 13.0. The van der Waals surface area contributed by atoms with E-state index in [9.17, 15) is 13.2 Å². The molecule has 0 atom stereocenters. The third-order valence-corrected chi connectivity index (χ3v) is 3.47. The summed E-state index contributed by atoms with van der Waals surface area (Å²) in [5.41, 5.74) is -0.247. The van der Waals surface area contributed by atoms with Crippen LogP contribution in [-0.4, -0.2) is 4.98 Å². The highest BCUT2D eigenvalue weighted by Crippen LogP contribution is 2.36. The van der Waals surface area contributed by atoms with E-state index in [1.807, 2.05) is 6.07 Å². The summed E-state index contributed by atoms with van der Waals surface area (Å²) in [7, 11) is 0. The van der Waals surface area contributed by atoms with Crippen molar-refractivity contribution in [1.82, 2.24) is 4.98 Å². The van der Waals surface area contributed by atoms with Gasteiger partial charge in [-0.3, -0.25) is 0 Å². The number of nitrogens with zero attached hydrogens (tertiary/aromatic N) is 1. The van der Waals surface area contributed by atoms with Crippen LogP contribution in [0.15, 0.2) is 54.6 Å². The summed E-state index contributed by atoms with van der Waals surface area (Å²) in [6.07, 6.45) is -4.43. The van der Waals surface area contributed by atoms with Crippen LogP contribution in [0.25, 0.3) is 10.9 Å². The average molecular weight is 323 g/mol. The summed E-state index contributed by atoms with van der Waals surface area (Å²) in [6, 6.07) is 13.9. The Bertz CT molecular complexity index is 831. The predicted molar refractivity (Wildman–Crippen MR) is 81.5 cm³/mol. The number of para-hydroxylation sites is 2. The highest BCUT2D eigenvalue weighted by molar-refractivity contribution is 6.35. The Kier molecular flexibility index (Phi) is 3.66. The highest BCUT2D eigenvalue weighted by Gasteiger charge is 2.33. The molecule has 6 heteroatoms. The highest BCUT2D eigenvalue weighted by atomic mass is 35.5. The molecule has 1 aromatic heterocycles. The molecule has 0 radical (unpaired) electrons. The minimum absolute atomic E-state index is 0.0473. The van der Waals surface area contributed by atoms with Gasteiger partial charge in [-0.15, -0.1) is 0 Å². The fourth-order valence-corrected chi connectivity index (χ4v) is 2.38. The molecule has 3 aromatic rings. The smallest absolute Gasteiger partial charge is 0.340 e. The third kappa shape index (κ3) is 2.85. The molecule has 0 aliphatic heterocycles. The molecular formula is C16H10ClF3N2. The van der Waals surface area contributed by atoms with Crippen LogP contribution in [0, 0.1) is 0 Å². The molecule has 0 unspecified atom stereocenters. The second kappa shape index (κ2) is 5.50. The quantitative estimate of drug-likeness (QED) is 0.659. The van der Waals surface area contributed by atoms with Gasteiger partial charge in [0.05, 0.1) is 21.8 Å². The molecule has 0 amide bonds. The van der Waals surface area contributed by atoms with Crippen molar-refractivity contribution in [3.05, 3.63) is 65.2 Å². The van der Waals surface area contributed by atoms with E-state index in [2.05, 4.69) is 10.3 Å². The summed E-state index contributed by atoms with van der Waals surface area (Å²) in [6.45, 7) is 0. The van der Waals surface area contributed by atoms with E-state index < -0.39 is 11.7 Å². The van der Waals surface area contributed by atoms with Gasteiger partial charge in [0, 0.05) is 5.39 Å². The summed E-state index contributed by atoms with van der Waals surface area (Å²) < 4.78 is 39.0. The molecule has 0 spiro atoms. The fourth-order valence-electron chi connectivity index (χ4n) is 2.16. The standard InChI is InChI=1S/C16H10ClF3N2/c17-12-6-3-4-10-8-9-14(22-15(10)12)21-13-7-2-1-5-11(13)16(18,19)20/h1-9H,(H,21,22). The predicted octanol–water partition coefficient (Wildman–Crippen LogP) is 5.65. The Morgan fingerprint density at radius 3 is 2.45 bits per heavy atom. The number of alkyl halides is 3. The number of fused-ring (bicyclic) bond motifs is 1. The van der Waals surface area contributed by atoms with Crippen molar-refractivity contribution in [1.29, 1.82) is 0 Å². The van der Waals surface area contributed by atoms with Crippen molar-refractivity contribution in [2.45, 2.75) is 6.18 Å². The molecule has 0 saturated carbocycles. The second-order valence-corrected chi connectivity index (χ2v) is 5.08. The number of hydrogen-bond donors (Lipinski definition) is 1. The van der Waals surface area contributed by atoms with Gasteiger partial charge < -0.3 is 5.32 Å². The first kappa shape index (κ1) is 14.7. The zero-order valence-corrected chi connectivity index (χ0v) is 11.9. The van der Waals surface area contributed by atoms with Gasteiger partial charge in [-0.1, -0.05) is 35.9 Å². The van der Waals surface area contributed by atoms with Gasteiger partial charge >= 0.3 is 6.18 Å².